The van der Waals surface area contributed by atoms with E-state index in [1.807, 2.05) is 36.4 Å². The molecule has 0 bridgehead atoms. The Labute approximate surface area is 161 Å². The molecule has 0 fully saturated rings. The molecule has 6 nitrogen and oxygen atoms in total. The minimum absolute atomic E-state index is 0.193. The summed E-state index contributed by atoms with van der Waals surface area (Å²) in [6.07, 6.45) is 4.98. The highest BCUT2D eigenvalue weighted by Crippen LogP contribution is 2.20. The summed E-state index contributed by atoms with van der Waals surface area (Å²) >= 11 is 0. The average molecular weight is 371 g/mol. The van der Waals surface area contributed by atoms with Gasteiger partial charge in [0, 0.05) is 30.6 Å². The fourth-order valence-corrected chi connectivity index (χ4v) is 2.61. The molecule has 1 N–H and O–H groups in total. The normalized spacial score (nSPS) is 10.4. The highest BCUT2D eigenvalue weighted by molar-refractivity contribution is 5.94. The zero-order chi connectivity index (χ0) is 19.2. The van der Waals surface area contributed by atoms with E-state index in [-0.39, 0.29) is 5.91 Å². The Balaban J connectivity index is 1.38. The van der Waals surface area contributed by atoms with E-state index in [1.165, 1.54) is 0 Å². The predicted octanol–water partition coefficient (Wildman–Crippen LogP) is 4.46. The molecule has 0 aliphatic rings. The fraction of sp³-hybridized carbons (Fsp3) is 0.0455. The Bertz CT molecular complexity index is 1050. The standard InChI is InChI=1S/C22H17N3O3/c26-22(17-5-3-6-18(13-17)28-21-8-1-2-11-23-21)25-15-16-9-10-19(24-14-16)20-7-4-12-27-20/h1-14H,15H2,(H,25,26). The number of nitrogens with zero attached hydrogens (tertiary/aromatic N) is 2. The topological polar surface area (TPSA) is 77.2 Å². The summed E-state index contributed by atoms with van der Waals surface area (Å²) in [6, 6.07) is 19.8. The predicted molar refractivity (Wildman–Crippen MR) is 104 cm³/mol. The van der Waals surface area contributed by atoms with E-state index in [0.29, 0.717) is 29.5 Å². The molecular formula is C22H17N3O3. The van der Waals surface area contributed by atoms with E-state index in [2.05, 4.69) is 15.3 Å². The molecule has 0 unspecified atom stereocenters. The van der Waals surface area contributed by atoms with Crippen LogP contribution in [-0.4, -0.2) is 15.9 Å². The molecule has 0 saturated heterocycles. The number of nitrogens with one attached hydrogen (secondary N) is 1. The molecule has 0 aliphatic carbocycles. The molecule has 6 heteroatoms. The third kappa shape index (κ3) is 4.24. The van der Waals surface area contributed by atoms with E-state index in [9.17, 15) is 4.79 Å². The molecule has 3 heterocycles. The van der Waals surface area contributed by atoms with Crippen molar-refractivity contribution in [1.82, 2.24) is 15.3 Å². The highest BCUT2D eigenvalue weighted by atomic mass is 16.5. The van der Waals surface area contributed by atoms with Crippen LogP contribution in [0.2, 0.25) is 0 Å². The maximum Gasteiger partial charge on any atom is 0.251 e. The molecule has 4 rings (SSSR count). The van der Waals surface area contributed by atoms with Crippen LogP contribution < -0.4 is 10.1 Å². The summed E-state index contributed by atoms with van der Waals surface area (Å²) in [5, 5.41) is 2.89. The summed E-state index contributed by atoms with van der Waals surface area (Å²) in [4.78, 5) is 20.9. The van der Waals surface area contributed by atoms with E-state index in [0.717, 1.165) is 11.3 Å². The van der Waals surface area contributed by atoms with Crippen LogP contribution in [0.4, 0.5) is 0 Å². The minimum atomic E-state index is -0.193. The number of aromatic nitrogens is 2. The van der Waals surface area contributed by atoms with Gasteiger partial charge < -0.3 is 14.5 Å². The van der Waals surface area contributed by atoms with Gasteiger partial charge in [0.1, 0.15) is 11.4 Å². The summed E-state index contributed by atoms with van der Waals surface area (Å²) in [5.41, 5.74) is 2.15. The molecule has 4 aromatic rings. The molecule has 28 heavy (non-hydrogen) atoms. The van der Waals surface area contributed by atoms with Crippen molar-refractivity contribution in [2.75, 3.05) is 0 Å². The summed E-state index contributed by atoms with van der Waals surface area (Å²) in [7, 11) is 0. The summed E-state index contributed by atoms with van der Waals surface area (Å²) < 4.78 is 11.0. The molecule has 1 amide bonds. The molecular weight excluding hydrogens is 354 g/mol. The van der Waals surface area contributed by atoms with Crippen LogP contribution in [0, 0.1) is 0 Å². The van der Waals surface area contributed by atoms with Crippen molar-refractivity contribution < 1.29 is 13.9 Å². The molecule has 3 aromatic heterocycles. The van der Waals surface area contributed by atoms with Crippen LogP contribution in [0.5, 0.6) is 11.6 Å². The number of amides is 1. The maximum absolute atomic E-state index is 12.5. The van der Waals surface area contributed by atoms with Crippen LogP contribution in [0.1, 0.15) is 15.9 Å². The number of furan rings is 1. The maximum atomic E-state index is 12.5. The first kappa shape index (κ1) is 17.5. The molecule has 0 spiro atoms. The Kier molecular flexibility index (Phi) is 5.11. The van der Waals surface area contributed by atoms with E-state index < -0.39 is 0 Å². The number of carbonyl (C=O) groups is 1. The largest absolute Gasteiger partial charge is 0.463 e. The SMILES string of the molecule is O=C(NCc1ccc(-c2ccco2)nc1)c1cccc(Oc2ccccn2)c1. The van der Waals surface area contributed by atoms with Gasteiger partial charge in [-0.25, -0.2) is 4.98 Å². The van der Waals surface area contributed by atoms with Gasteiger partial charge >= 0.3 is 0 Å². The van der Waals surface area contributed by atoms with Gasteiger partial charge in [0.15, 0.2) is 5.76 Å². The van der Waals surface area contributed by atoms with Crippen molar-refractivity contribution in [2.24, 2.45) is 0 Å². The van der Waals surface area contributed by atoms with Gasteiger partial charge in [0.05, 0.1) is 6.26 Å². The first-order valence-corrected chi connectivity index (χ1v) is 8.74. The lowest BCUT2D eigenvalue weighted by molar-refractivity contribution is 0.0950. The number of carbonyl (C=O) groups excluding carboxylic acids is 1. The first-order valence-electron chi connectivity index (χ1n) is 8.74. The average Bonchev–Trinajstić information content (AvgIpc) is 3.28. The Hall–Kier alpha value is -3.93. The van der Waals surface area contributed by atoms with Gasteiger partial charge in [-0.15, -0.1) is 0 Å². The van der Waals surface area contributed by atoms with Crippen LogP contribution in [0.15, 0.2) is 89.8 Å². The van der Waals surface area contributed by atoms with Gasteiger partial charge in [-0.1, -0.05) is 18.2 Å². The Morgan fingerprint density at radius 3 is 2.71 bits per heavy atom. The molecule has 0 aliphatic heterocycles. The van der Waals surface area contributed by atoms with E-state index in [1.54, 1.807) is 49.0 Å². The second kappa shape index (κ2) is 8.18. The van der Waals surface area contributed by atoms with Crippen LogP contribution >= 0.6 is 0 Å². The monoisotopic (exact) mass is 371 g/mol. The molecule has 0 saturated carbocycles. The number of rotatable bonds is 6. The zero-order valence-electron chi connectivity index (χ0n) is 14.9. The second-order valence-corrected chi connectivity index (χ2v) is 6.01. The van der Waals surface area contributed by atoms with Crippen molar-refractivity contribution in [3.05, 3.63) is 96.5 Å². The number of benzene rings is 1. The smallest absolute Gasteiger partial charge is 0.251 e. The van der Waals surface area contributed by atoms with Crippen LogP contribution in [-0.2, 0) is 6.54 Å². The number of pyridine rings is 2. The molecule has 0 atom stereocenters. The van der Waals surface area contributed by atoms with Gasteiger partial charge in [-0.2, -0.15) is 0 Å². The third-order valence-electron chi connectivity index (χ3n) is 4.01. The van der Waals surface area contributed by atoms with Gasteiger partial charge in [-0.3, -0.25) is 9.78 Å². The summed E-state index contributed by atoms with van der Waals surface area (Å²) in [6.45, 7) is 0.371. The van der Waals surface area contributed by atoms with Crippen molar-refractivity contribution in [3.8, 4) is 23.1 Å². The van der Waals surface area contributed by atoms with Crippen molar-refractivity contribution >= 4 is 5.91 Å². The molecule has 0 radical (unpaired) electrons. The van der Waals surface area contributed by atoms with E-state index >= 15 is 0 Å². The van der Waals surface area contributed by atoms with Crippen molar-refractivity contribution in [2.45, 2.75) is 6.54 Å². The highest BCUT2D eigenvalue weighted by Gasteiger charge is 2.08. The fourth-order valence-electron chi connectivity index (χ4n) is 2.61. The molecule has 138 valence electrons. The van der Waals surface area contributed by atoms with Gasteiger partial charge in [0.2, 0.25) is 5.88 Å². The van der Waals surface area contributed by atoms with Crippen LogP contribution in [0.25, 0.3) is 11.5 Å². The quantitative estimate of drug-likeness (QED) is 0.541. The Morgan fingerprint density at radius 2 is 1.96 bits per heavy atom. The van der Waals surface area contributed by atoms with Crippen LogP contribution in [0.3, 0.4) is 0 Å². The second-order valence-electron chi connectivity index (χ2n) is 6.01. The Morgan fingerprint density at radius 1 is 1.00 bits per heavy atom. The lowest BCUT2D eigenvalue weighted by Gasteiger charge is -2.08. The van der Waals surface area contributed by atoms with Crippen molar-refractivity contribution in [3.63, 3.8) is 0 Å². The van der Waals surface area contributed by atoms with E-state index in [4.69, 9.17) is 9.15 Å². The lowest BCUT2D eigenvalue weighted by atomic mass is 10.2. The minimum Gasteiger partial charge on any atom is -0.463 e. The van der Waals surface area contributed by atoms with Crippen molar-refractivity contribution in [1.29, 1.82) is 0 Å². The zero-order valence-corrected chi connectivity index (χ0v) is 14.9. The van der Waals surface area contributed by atoms with Gasteiger partial charge in [-0.05, 0) is 48.0 Å². The summed E-state index contributed by atoms with van der Waals surface area (Å²) in [5.74, 6) is 1.54. The van der Waals surface area contributed by atoms with Gasteiger partial charge in [0.25, 0.3) is 5.91 Å². The number of ether oxygens (including phenoxy) is 1. The lowest BCUT2D eigenvalue weighted by Crippen LogP contribution is -2.22. The first-order chi connectivity index (χ1) is 13.8. The number of hydrogen-bond donors (Lipinski definition) is 1. The number of hydrogen-bond acceptors (Lipinski definition) is 5. The third-order valence-corrected chi connectivity index (χ3v) is 4.01. The molecule has 1 aromatic carbocycles.